The fraction of sp³-hybridized carbons (Fsp3) is 0.185. The minimum absolute atomic E-state index is 0.0494. The van der Waals surface area contributed by atoms with Crippen LogP contribution in [0.1, 0.15) is 17.5 Å². The summed E-state index contributed by atoms with van der Waals surface area (Å²) in [5.74, 6) is 0.710. The first-order valence-corrected chi connectivity index (χ1v) is 11.7. The Kier molecular flexibility index (Phi) is 6.76. The van der Waals surface area contributed by atoms with Crippen molar-refractivity contribution in [2.75, 3.05) is 24.3 Å². The average molecular weight is 505 g/mol. The Balaban J connectivity index is 1.39. The zero-order valence-electron chi connectivity index (χ0n) is 19.1. The Hall–Kier alpha value is -4.06. The van der Waals surface area contributed by atoms with E-state index >= 15 is 0 Å². The van der Waals surface area contributed by atoms with Crippen LogP contribution in [0.15, 0.2) is 60.8 Å². The fourth-order valence-electron chi connectivity index (χ4n) is 3.93. The molecule has 7 nitrogen and oxygen atoms in total. The van der Waals surface area contributed by atoms with Crippen LogP contribution in [0.4, 0.5) is 21.5 Å². The topological polar surface area (TPSA) is 102 Å². The highest BCUT2D eigenvalue weighted by Gasteiger charge is 2.20. The number of aromatic nitrogens is 1. The Morgan fingerprint density at radius 2 is 2.00 bits per heavy atom. The van der Waals surface area contributed by atoms with Crippen molar-refractivity contribution in [2.45, 2.75) is 19.1 Å². The summed E-state index contributed by atoms with van der Waals surface area (Å²) < 4.78 is 30.2. The molecule has 4 aromatic rings. The highest BCUT2D eigenvalue weighted by Crippen LogP contribution is 2.37. The summed E-state index contributed by atoms with van der Waals surface area (Å²) in [5.41, 5.74) is 9.74. The average Bonchev–Trinajstić information content (AvgIpc) is 3.39. The zero-order chi connectivity index (χ0) is 25.1. The molecule has 1 unspecified atom stereocenters. The maximum atomic E-state index is 13.1. The minimum Gasteiger partial charge on any atom is -0.487 e. The van der Waals surface area contributed by atoms with Gasteiger partial charge in [-0.2, -0.15) is 5.26 Å². The molecule has 1 aliphatic rings. The van der Waals surface area contributed by atoms with Crippen molar-refractivity contribution in [1.29, 1.82) is 5.26 Å². The molecule has 0 radical (unpaired) electrons. The van der Waals surface area contributed by atoms with Gasteiger partial charge in [-0.15, -0.1) is 0 Å². The van der Waals surface area contributed by atoms with E-state index in [9.17, 15) is 9.65 Å². The molecule has 0 spiro atoms. The summed E-state index contributed by atoms with van der Waals surface area (Å²) in [5, 5.41) is 14.0. The normalized spacial score (nSPS) is 15.0. The smallest absolute Gasteiger partial charge is 0.144 e. The third kappa shape index (κ3) is 5.13. The van der Waals surface area contributed by atoms with Crippen LogP contribution >= 0.6 is 11.6 Å². The number of fused-ring (bicyclic) bond motifs is 1. The van der Waals surface area contributed by atoms with Gasteiger partial charge in [0.25, 0.3) is 0 Å². The van der Waals surface area contributed by atoms with E-state index in [0.29, 0.717) is 63.3 Å². The fourth-order valence-corrected chi connectivity index (χ4v) is 4.16. The lowest BCUT2D eigenvalue weighted by Gasteiger charge is -2.17. The molecule has 0 aliphatic carbocycles. The van der Waals surface area contributed by atoms with E-state index in [1.165, 1.54) is 18.3 Å². The molecule has 0 saturated carbocycles. The number of pyridine rings is 1. The highest BCUT2D eigenvalue weighted by molar-refractivity contribution is 6.32. The van der Waals surface area contributed by atoms with E-state index in [0.717, 1.165) is 12.0 Å². The van der Waals surface area contributed by atoms with Gasteiger partial charge in [-0.1, -0.05) is 23.7 Å². The Bertz CT molecular complexity index is 1450. The van der Waals surface area contributed by atoms with Gasteiger partial charge in [0.05, 0.1) is 40.7 Å². The van der Waals surface area contributed by atoms with Crippen LogP contribution in [-0.4, -0.2) is 24.3 Å². The summed E-state index contributed by atoms with van der Waals surface area (Å²) in [6, 6.07) is 17.0. The summed E-state index contributed by atoms with van der Waals surface area (Å²) in [4.78, 5) is 4.42. The molecule has 0 bridgehead atoms. The first-order valence-electron chi connectivity index (χ1n) is 11.3. The SMILES string of the molecule is N#Cc1cnc2cc(OC3CCOC3)c(N)cc2c1Nc1ccc(OCc2ccc(F)cc2)c(Cl)c1. The molecule has 1 aromatic heterocycles. The molecule has 1 atom stereocenters. The van der Waals surface area contributed by atoms with Crippen LogP contribution < -0.4 is 20.5 Å². The number of hydrogen-bond donors (Lipinski definition) is 2. The third-order valence-electron chi connectivity index (χ3n) is 5.81. The van der Waals surface area contributed by atoms with Gasteiger partial charge in [0, 0.05) is 29.8 Å². The summed E-state index contributed by atoms with van der Waals surface area (Å²) in [7, 11) is 0. The molecular weight excluding hydrogens is 483 g/mol. The lowest BCUT2D eigenvalue weighted by atomic mass is 10.1. The number of nitrogens with zero attached hydrogens (tertiary/aromatic N) is 2. The van der Waals surface area contributed by atoms with Gasteiger partial charge in [-0.3, -0.25) is 4.98 Å². The molecule has 5 rings (SSSR count). The van der Waals surface area contributed by atoms with Crippen LogP contribution in [0, 0.1) is 17.1 Å². The highest BCUT2D eigenvalue weighted by atomic mass is 35.5. The molecule has 1 aliphatic heterocycles. The number of hydrogen-bond acceptors (Lipinski definition) is 7. The van der Waals surface area contributed by atoms with Crippen LogP contribution in [0.25, 0.3) is 10.9 Å². The first kappa shape index (κ1) is 23.7. The van der Waals surface area contributed by atoms with E-state index in [1.807, 2.05) is 0 Å². The van der Waals surface area contributed by atoms with Gasteiger partial charge in [-0.25, -0.2) is 4.39 Å². The van der Waals surface area contributed by atoms with Crippen LogP contribution in [0.5, 0.6) is 11.5 Å². The first-order chi connectivity index (χ1) is 17.5. The molecule has 9 heteroatoms. The molecule has 2 heterocycles. The van der Waals surface area contributed by atoms with E-state index in [2.05, 4.69) is 16.4 Å². The molecule has 1 fully saturated rings. The van der Waals surface area contributed by atoms with Crippen LogP contribution in [-0.2, 0) is 11.3 Å². The minimum atomic E-state index is -0.304. The van der Waals surface area contributed by atoms with Crippen molar-refractivity contribution < 1.29 is 18.6 Å². The van der Waals surface area contributed by atoms with Crippen molar-refractivity contribution in [3.63, 3.8) is 0 Å². The number of halogens is 2. The molecule has 182 valence electrons. The van der Waals surface area contributed by atoms with E-state index in [1.54, 1.807) is 42.5 Å². The third-order valence-corrected chi connectivity index (χ3v) is 6.11. The molecule has 0 amide bonds. The Morgan fingerprint density at radius 3 is 2.72 bits per heavy atom. The summed E-state index contributed by atoms with van der Waals surface area (Å²) >= 11 is 6.46. The molecule has 3 N–H and O–H groups in total. The van der Waals surface area contributed by atoms with Crippen molar-refractivity contribution in [3.05, 3.63) is 82.8 Å². The lowest BCUT2D eigenvalue weighted by molar-refractivity contribution is 0.142. The number of anilines is 3. The van der Waals surface area contributed by atoms with E-state index in [-0.39, 0.29) is 18.5 Å². The maximum Gasteiger partial charge on any atom is 0.144 e. The Morgan fingerprint density at radius 1 is 1.17 bits per heavy atom. The summed E-state index contributed by atoms with van der Waals surface area (Å²) in [6.07, 6.45) is 2.26. The molecule has 36 heavy (non-hydrogen) atoms. The Labute approximate surface area is 212 Å². The van der Waals surface area contributed by atoms with Crippen molar-refractivity contribution in [2.24, 2.45) is 0 Å². The zero-order valence-corrected chi connectivity index (χ0v) is 19.9. The van der Waals surface area contributed by atoms with Crippen molar-refractivity contribution in [1.82, 2.24) is 4.98 Å². The maximum absolute atomic E-state index is 13.1. The monoisotopic (exact) mass is 504 g/mol. The van der Waals surface area contributed by atoms with Crippen LogP contribution in [0.3, 0.4) is 0 Å². The van der Waals surface area contributed by atoms with Gasteiger partial charge >= 0.3 is 0 Å². The number of benzene rings is 3. The van der Waals surface area contributed by atoms with Crippen molar-refractivity contribution in [3.8, 4) is 17.6 Å². The number of nitrogens with two attached hydrogens (primary N) is 1. The van der Waals surface area contributed by atoms with E-state index in [4.69, 9.17) is 31.5 Å². The molecule has 3 aromatic carbocycles. The predicted octanol–water partition coefficient (Wildman–Crippen LogP) is 5.97. The van der Waals surface area contributed by atoms with Crippen molar-refractivity contribution >= 4 is 39.6 Å². The van der Waals surface area contributed by atoms with Gasteiger partial charge in [-0.05, 0) is 42.0 Å². The number of ether oxygens (including phenoxy) is 3. The van der Waals surface area contributed by atoms with Gasteiger partial charge in [0.15, 0.2) is 0 Å². The lowest BCUT2D eigenvalue weighted by Crippen LogP contribution is -2.16. The standard InChI is InChI=1S/C27H22ClFN4O3/c28-22-9-19(5-6-25(22)35-14-16-1-3-18(29)4-2-16)33-27-17(12-30)13-32-24-11-26(23(31)10-21(24)27)36-20-7-8-34-15-20/h1-6,9-11,13,20H,7-8,14-15,31H2,(H,32,33). The van der Waals surface area contributed by atoms with Gasteiger partial charge < -0.3 is 25.3 Å². The van der Waals surface area contributed by atoms with Gasteiger partial charge in [0.1, 0.15) is 36.1 Å². The van der Waals surface area contributed by atoms with E-state index < -0.39 is 0 Å². The largest absolute Gasteiger partial charge is 0.487 e. The number of rotatable bonds is 7. The molecular formula is C27H22ClFN4O3. The van der Waals surface area contributed by atoms with Crippen LogP contribution in [0.2, 0.25) is 5.02 Å². The summed E-state index contributed by atoms with van der Waals surface area (Å²) in [6.45, 7) is 1.43. The number of nitriles is 1. The number of nitrogen functional groups attached to an aromatic ring is 1. The number of nitrogens with one attached hydrogen (secondary N) is 1. The van der Waals surface area contributed by atoms with Gasteiger partial charge in [0.2, 0.25) is 0 Å². The second kappa shape index (κ2) is 10.3. The predicted molar refractivity (Wildman–Crippen MR) is 136 cm³/mol. The quantitative estimate of drug-likeness (QED) is 0.299. The second-order valence-electron chi connectivity index (χ2n) is 8.35. The second-order valence-corrected chi connectivity index (χ2v) is 8.76. The molecule has 1 saturated heterocycles.